The standard InChI is InChI=1S/C18H8N4S4/c1-3-13(23-5-1)11-7-9-10(15-17(11)21-25-19-15)8-12(14-4-2-6-24-14)18-16(9)20-26-22-18/h1-8H. The molecule has 0 unspecified atom stereocenters. The van der Waals surface area contributed by atoms with Crippen LogP contribution in [0.4, 0.5) is 0 Å². The molecule has 0 bridgehead atoms. The Labute approximate surface area is 164 Å². The van der Waals surface area contributed by atoms with Gasteiger partial charge in [0.2, 0.25) is 0 Å². The third-order valence-electron chi connectivity index (χ3n) is 4.44. The third kappa shape index (κ3) is 2.04. The predicted molar refractivity (Wildman–Crippen MR) is 113 cm³/mol. The predicted octanol–water partition coefficient (Wildman–Crippen LogP) is 6.31. The van der Waals surface area contributed by atoms with Gasteiger partial charge in [-0.15, -0.1) is 22.7 Å². The van der Waals surface area contributed by atoms with Crippen LogP contribution >= 0.6 is 46.1 Å². The second kappa shape index (κ2) is 5.62. The Morgan fingerprint density at radius 3 is 1.46 bits per heavy atom. The van der Waals surface area contributed by atoms with Gasteiger partial charge in [0, 0.05) is 31.7 Å². The third-order valence-corrected chi connectivity index (χ3v) is 7.30. The maximum Gasteiger partial charge on any atom is 0.114 e. The molecule has 4 nitrogen and oxygen atoms in total. The summed E-state index contributed by atoms with van der Waals surface area (Å²) in [4.78, 5) is 2.39. The molecule has 6 rings (SSSR count). The highest BCUT2D eigenvalue weighted by molar-refractivity contribution is 7.14. The summed E-state index contributed by atoms with van der Waals surface area (Å²) in [5.74, 6) is 0. The number of nitrogens with zero attached hydrogens (tertiary/aromatic N) is 4. The molecular formula is C18H8N4S4. The lowest BCUT2D eigenvalue weighted by molar-refractivity contribution is 1.65. The van der Waals surface area contributed by atoms with Crippen molar-refractivity contribution in [3.05, 3.63) is 47.2 Å². The van der Waals surface area contributed by atoms with Gasteiger partial charge in [-0.2, -0.15) is 17.5 Å². The summed E-state index contributed by atoms with van der Waals surface area (Å²) in [7, 11) is 0. The number of hydrogen-bond donors (Lipinski definition) is 0. The number of thiophene rings is 2. The van der Waals surface area contributed by atoms with Crippen LogP contribution in [-0.4, -0.2) is 17.5 Å². The van der Waals surface area contributed by atoms with Crippen LogP contribution in [0.15, 0.2) is 47.2 Å². The van der Waals surface area contributed by atoms with Gasteiger partial charge < -0.3 is 0 Å². The van der Waals surface area contributed by atoms with E-state index in [1.165, 1.54) is 33.2 Å². The smallest absolute Gasteiger partial charge is 0.114 e. The van der Waals surface area contributed by atoms with Gasteiger partial charge in [-0.3, -0.25) is 0 Å². The first-order valence-corrected chi connectivity index (χ1v) is 11.0. The second-order valence-electron chi connectivity index (χ2n) is 5.82. The average Bonchev–Trinajstić information content (AvgIpc) is 3.48. The van der Waals surface area contributed by atoms with Crippen LogP contribution in [0, 0.1) is 0 Å². The monoisotopic (exact) mass is 408 g/mol. The van der Waals surface area contributed by atoms with Gasteiger partial charge in [0.25, 0.3) is 0 Å². The summed E-state index contributed by atoms with van der Waals surface area (Å²) in [6.07, 6.45) is 0. The highest BCUT2D eigenvalue weighted by Gasteiger charge is 2.19. The van der Waals surface area contributed by atoms with E-state index in [2.05, 4.69) is 64.7 Å². The molecule has 0 amide bonds. The summed E-state index contributed by atoms with van der Waals surface area (Å²) in [6, 6.07) is 12.8. The SMILES string of the molecule is c1csc(-c2cc3c(cc(-c4cccs4)c4nsnc43)c3nsnc23)c1. The highest BCUT2D eigenvalue weighted by Crippen LogP contribution is 2.41. The first kappa shape index (κ1) is 14.9. The minimum absolute atomic E-state index is 0.948. The van der Waals surface area contributed by atoms with Crippen LogP contribution in [-0.2, 0) is 0 Å². The molecule has 8 heteroatoms. The fraction of sp³-hybridized carbons (Fsp3) is 0. The zero-order valence-electron chi connectivity index (χ0n) is 13.0. The number of rotatable bonds is 2. The molecular weight excluding hydrogens is 400 g/mol. The van der Waals surface area contributed by atoms with Crippen LogP contribution in [0.1, 0.15) is 0 Å². The van der Waals surface area contributed by atoms with Gasteiger partial charge in [0.05, 0.1) is 23.5 Å². The van der Waals surface area contributed by atoms with Crippen molar-refractivity contribution in [3.8, 4) is 20.9 Å². The molecule has 124 valence electrons. The van der Waals surface area contributed by atoms with Gasteiger partial charge in [0.1, 0.15) is 22.1 Å². The summed E-state index contributed by atoms with van der Waals surface area (Å²) < 4.78 is 18.4. The van der Waals surface area contributed by atoms with E-state index in [9.17, 15) is 0 Å². The normalized spacial score (nSPS) is 11.8. The summed E-state index contributed by atoms with van der Waals surface area (Å²) in [5.41, 5.74) is 6.06. The molecule has 4 heterocycles. The number of aromatic nitrogens is 4. The molecule has 2 aromatic carbocycles. The molecule has 0 spiro atoms. The molecule has 0 fully saturated rings. The van der Waals surface area contributed by atoms with E-state index in [4.69, 9.17) is 0 Å². The molecule has 0 saturated carbocycles. The first-order valence-electron chi connectivity index (χ1n) is 7.82. The Bertz CT molecular complexity index is 1270. The number of hydrogen-bond acceptors (Lipinski definition) is 8. The van der Waals surface area contributed by atoms with Gasteiger partial charge >= 0.3 is 0 Å². The topological polar surface area (TPSA) is 51.6 Å². The molecule has 4 aromatic heterocycles. The molecule has 0 aliphatic rings. The quantitative estimate of drug-likeness (QED) is 0.337. The van der Waals surface area contributed by atoms with E-state index in [0.29, 0.717) is 0 Å². The van der Waals surface area contributed by atoms with Crippen molar-refractivity contribution in [3.63, 3.8) is 0 Å². The lowest BCUT2D eigenvalue weighted by Crippen LogP contribution is -1.86. The molecule has 0 aliphatic carbocycles. The zero-order chi connectivity index (χ0) is 17.1. The molecule has 0 atom stereocenters. The van der Waals surface area contributed by atoms with Crippen molar-refractivity contribution in [2.45, 2.75) is 0 Å². The van der Waals surface area contributed by atoms with Gasteiger partial charge in [-0.05, 0) is 35.0 Å². The second-order valence-corrected chi connectivity index (χ2v) is 8.77. The Balaban J connectivity index is 1.82. The fourth-order valence-electron chi connectivity index (χ4n) is 3.30. The molecule has 6 aromatic rings. The van der Waals surface area contributed by atoms with Crippen molar-refractivity contribution in [1.82, 2.24) is 17.5 Å². The maximum absolute atomic E-state index is 4.62. The molecule has 26 heavy (non-hydrogen) atoms. The summed E-state index contributed by atoms with van der Waals surface area (Å²) in [6.45, 7) is 0. The van der Waals surface area contributed by atoms with E-state index in [-0.39, 0.29) is 0 Å². The fourth-order valence-corrected chi connectivity index (χ4v) is 5.93. The number of fused-ring (bicyclic) bond motifs is 5. The van der Waals surface area contributed by atoms with Crippen molar-refractivity contribution >= 4 is 79.0 Å². The number of benzene rings is 2. The van der Waals surface area contributed by atoms with E-state index in [0.717, 1.165) is 44.0 Å². The highest BCUT2D eigenvalue weighted by atomic mass is 32.1. The van der Waals surface area contributed by atoms with Crippen molar-refractivity contribution in [2.75, 3.05) is 0 Å². The van der Waals surface area contributed by atoms with E-state index >= 15 is 0 Å². The summed E-state index contributed by atoms with van der Waals surface area (Å²) in [5, 5.41) is 6.37. The Morgan fingerprint density at radius 1 is 0.577 bits per heavy atom. The minimum atomic E-state index is 0.948. The Morgan fingerprint density at radius 2 is 1.04 bits per heavy atom. The maximum atomic E-state index is 4.62. The lowest BCUT2D eigenvalue weighted by atomic mass is 9.99. The Hall–Kier alpha value is -2.26. The van der Waals surface area contributed by atoms with Crippen molar-refractivity contribution < 1.29 is 0 Å². The first-order chi connectivity index (χ1) is 12.9. The minimum Gasteiger partial charge on any atom is -0.172 e. The van der Waals surface area contributed by atoms with Crippen LogP contribution in [0.25, 0.3) is 53.7 Å². The van der Waals surface area contributed by atoms with Gasteiger partial charge in [-0.1, -0.05) is 12.1 Å². The van der Waals surface area contributed by atoms with Crippen LogP contribution in [0.2, 0.25) is 0 Å². The van der Waals surface area contributed by atoms with E-state index in [1.54, 1.807) is 22.7 Å². The molecule has 0 N–H and O–H groups in total. The average molecular weight is 409 g/mol. The van der Waals surface area contributed by atoms with E-state index in [1.807, 2.05) is 0 Å². The Kier molecular flexibility index (Phi) is 3.21. The van der Waals surface area contributed by atoms with Crippen molar-refractivity contribution in [2.24, 2.45) is 0 Å². The summed E-state index contributed by atoms with van der Waals surface area (Å²) >= 11 is 5.96. The van der Waals surface area contributed by atoms with Gasteiger partial charge in [0.15, 0.2) is 0 Å². The lowest BCUT2D eigenvalue weighted by Gasteiger charge is -2.07. The molecule has 0 saturated heterocycles. The van der Waals surface area contributed by atoms with Gasteiger partial charge in [-0.25, -0.2) is 0 Å². The van der Waals surface area contributed by atoms with Crippen LogP contribution in [0.3, 0.4) is 0 Å². The van der Waals surface area contributed by atoms with E-state index < -0.39 is 0 Å². The molecule has 0 radical (unpaired) electrons. The zero-order valence-corrected chi connectivity index (χ0v) is 16.3. The van der Waals surface area contributed by atoms with Crippen molar-refractivity contribution in [1.29, 1.82) is 0 Å². The van der Waals surface area contributed by atoms with Crippen LogP contribution < -0.4 is 0 Å². The van der Waals surface area contributed by atoms with Crippen LogP contribution in [0.5, 0.6) is 0 Å². The molecule has 0 aliphatic heterocycles. The largest absolute Gasteiger partial charge is 0.172 e.